The van der Waals surface area contributed by atoms with E-state index in [1.54, 1.807) is 0 Å². The van der Waals surface area contributed by atoms with Crippen molar-refractivity contribution < 1.29 is 13.9 Å². The molecule has 0 aliphatic rings. The molecule has 0 aliphatic carbocycles. The summed E-state index contributed by atoms with van der Waals surface area (Å²) in [5, 5.41) is 10.9. The summed E-state index contributed by atoms with van der Waals surface area (Å²) in [4.78, 5) is 15.1. The minimum absolute atomic E-state index is 0.166. The van der Waals surface area contributed by atoms with Crippen LogP contribution in [-0.4, -0.2) is 42.9 Å². The zero-order valence-corrected chi connectivity index (χ0v) is 13.3. The number of hydrogen-bond donors (Lipinski definition) is 3. The van der Waals surface area contributed by atoms with Crippen LogP contribution in [0.1, 0.15) is 5.56 Å². The SMILES string of the molecule is N[C@@H](Cc1cc(F)cc(F)c1)[C@H](O)CSc1ncnc2nc[nH]c12. The van der Waals surface area contributed by atoms with Crippen LogP contribution in [0.25, 0.3) is 11.2 Å². The number of nitrogens with two attached hydrogens (primary N) is 1. The van der Waals surface area contributed by atoms with Crippen molar-refractivity contribution in [2.24, 2.45) is 5.73 Å². The van der Waals surface area contributed by atoms with Crippen LogP contribution in [-0.2, 0) is 6.42 Å². The number of aliphatic hydroxyl groups excluding tert-OH is 1. The Morgan fingerprint density at radius 2 is 1.92 bits per heavy atom. The van der Waals surface area contributed by atoms with Crippen LogP contribution in [0.3, 0.4) is 0 Å². The molecule has 2 atom stereocenters. The summed E-state index contributed by atoms with van der Waals surface area (Å²) < 4.78 is 26.4. The standard InChI is InChI=1S/C15H15F2N5OS/c16-9-1-8(2-10(17)4-9)3-11(18)12(23)5-24-15-13-14(20-6-19-13)21-7-22-15/h1-2,4,6-7,11-12,23H,3,5,18H2,(H,19,20,21,22)/t11-,12+/m0/s1. The minimum Gasteiger partial charge on any atom is -0.391 e. The Morgan fingerprint density at radius 1 is 1.17 bits per heavy atom. The maximum Gasteiger partial charge on any atom is 0.181 e. The quantitative estimate of drug-likeness (QED) is 0.461. The van der Waals surface area contributed by atoms with Gasteiger partial charge in [-0.3, -0.25) is 0 Å². The molecule has 1 aromatic carbocycles. The summed E-state index contributed by atoms with van der Waals surface area (Å²) >= 11 is 1.31. The largest absolute Gasteiger partial charge is 0.391 e. The summed E-state index contributed by atoms with van der Waals surface area (Å²) in [5.74, 6) is -1.04. The number of nitrogens with zero attached hydrogens (tertiary/aromatic N) is 3. The van der Waals surface area contributed by atoms with Crippen LogP contribution in [0.15, 0.2) is 35.9 Å². The third-order valence-corrected chi connectivity index (χ3v) is 4.56. The maximum atomic E-state index is 13.2. The molecule has 0 spiro atoms. The average molecular weight is 351 g/mol. The lowest BCUT2D eigenvalue weighted by Crippen LogP contribution is -2.38. The molecule has 0 aliphatic heterocycles. The van der Waals surface area contributed by atoms with Gasteiger partial charge in [0.05, 0.1) is 12.4 Å². The molecule has 3 rings (SSSR count). The number of hydrogen-bond acceptors (Lipinski definition) is 6. The second-order valence-corrected chi connectivity index (χ2v) is 6.31. The first kappa shape index (κ1) is 16.7. The molecule has 0 unspecified atom stereocenters. The molecule has 2 heterocycles. The lowest BCUT2D eigenvalue weighted by molar-refractivity contribution is 0.167. The molecule has 0 saturated carbocycles. The highest BCUT2D eigenvalue weighted by Crippen LogP contribution is 2.23. The van der Waals surface area contributed by atoms with Gasteiger partial charge >= 0.3 is 0 Å². The lowest BCUT2D eigenvalue weighted by atomic mass is 10.0. The normalized spacial score (nSPS) is 14.0. The summed E-state index contributed by atoms with van der Waals surface area (Å²) in [7, 11) is 0. The summed E-state index contributed by atoms with van der Waals surface area (Å²) in [6, 6.07) is 2.56. The number of fused-ring (bicyclic) bond motifs is 1. The highest BCUT2D eigenvalue weighted by Gasteiger charge is 2.18. The van der Waals surface area contributed by atoms with Crippen molar-refractivity contribution in [3.8, 4) is 0 Å². The average Bonchev–Trinajstić information content (AvgIpc) is 3.00. The highest BCUT2D eigenvalue weighted by atomic mass is 32.2. The Hall–Kier alpha value is -2.10. The summed E-state index contributed by atoms with van der Waals surface area (Å²) in [6.07, 6.45) is 2.21. The van der Waals surface area contributed by atoms with Gasteiger partial charge in [0.1, 0.15) is 28.5 Å². The molecule has 0 amide bonds. The Morgan fingerprint density at radius 3 is 2.67 bits per heavy atom. The number of aromatic nitrogens is 4. The smallest absolute Gasteiger partial charge is 0.181 e. The summed E-state index contributed by atoms with van der Waals surface area (Å²) in [5.41, 5.74) is 7.58. The van der Waals surface area contributed by atoms with E-state index in [1.165, 1.54) is 36.5 Å². The minimum atomic E-state index is -0.866. The zero-order chi connectivity index (χ0) is 17.1. The molecule has 0 radical (unpaired) electrons. The van der Waals surface area contributed by atoms with Gasteiger partial charge in [-0.1, -0.05) is 0 Å². The Balaban J connectivity index is 1.62. The fourth-order valence-corrected chi connectivity index (χ4v) is 3.27. The Labute approximate surface area is 140 Å². The number of H-pyrrole nitrogens is 1. The van der Waals surface area contributed by atoms with Crippen LogP contribution in [0, 0.1) is 11.6 Å². The number of benzene rings is 1. The van der Waals surface area contributed by atoms with Crippen molar-refractivity contribution in [3.05, 3.63) is 48.1 Å². The van der Waals surface area contributed by atoms with E-state index in [0.717, 1.165) is 6.07 Å². The van der Waals surface area contributed by atoms with E-state index in [-0.39, 0.29) is 12.2 Å². The van der Waals surface area contributed by atoms with Gasteiger partial charge in [-0.15, -0.1) is 11.8 Å². The first-order chi connectivity index (χ1) is 11.5. The molecule has 0 saturated heterocycles. The Bertz CT molecular complexity index is 823. The van der Waals surface area contributed by atoms with Crippen molar-refractivity contribution in [1.29, 1.82) is 0 Å². The van der Waals surface area contributed by atoms with Gasteiger partial charge in [0.15, 0.2) is 5.65 Å². The van der Waals surface area contributed by atoms with Crippen LogP contribution in [0.4, 0.5) is 8.78 Å². The van der Waals surface area contributed by atoms with E-state index >= 15 is 0 Å². The fourth-order valence-electron chi connectivity index (χ4n) is 2.28. The molecule has 2 aromatic heterocycles. The Kier molecular flexibility index (Phi) is 5.03. The van der Waals surface area contributed by atoms with Gasteiger partial charge in [0, 0.05) is 17.9 Å². The number of rotatable bonds is 6. The first-order valence-corrected chi connectivity index (χ1v) is 8.17. The van der Waals surface area contributed by atoms with Gasteiger partial charge in [-0.2, -0.15) is 0 Å². The number of thioether (sulfide) groups is 1. The molecule has 6 nitrogen and oxygen atoms in total. The summed E-state index contributed by atoms with van der Waals surface area (Å²) in [6.45, 7) is 0. The first-order valence-electron chi connectivity index (χ1n) is 7.18. The van der Waals surface area contributed by atoms with Crippen LogP contribution >= 0.6 is 11.8 Å². The van der Waals surface area contributed by atoms with Crippen molar-refractivity contribution in [2.45, 2.75) is 23.6 Å². The van der Waals surface area contributed by atoms with Crippen LogP contribution in [0.5, 0.6) is 0 Å². The molecule has 9 heteroatoms. The van der Waals surface area contributed by atoms with Crippen molar-refractivity contribution >= 4 is 22.9 Å². The van der Waals surface area contributed by atoms with E-state index in [4.69, 9.17) is 5.73 Å². The molecule has 24 heavy (non-hydrogen) atoms. The van der Waals surface area contributed by atoms with E-state index in [0.29, 0.717) is 21.8 Å². The fraction of sp³-hybridized carbons (Fsp3) is 0.267. The molecular formula is C15H15F2N5OS. The predicted molar refractivity (Wildman–Crippen MR) is 86.5 cm³/mol. The second-order valence-electron chi connectivity index (χ2n) is 5.30. The number of imidazole rings is 1. The molecule has 0 bridgehead atoms. The predicted octanol–water partition coefficient (Wildman–Crippen LogP) is 1.65. The van der Waals surface area contributed by atoms with E-state index < -0.39 is 23.8 Å². The third kappa shape index (κ3) is 3.86. The van der Waals surface area contributed by atoms with E-state index in [2.05, 4.69) is 19.9 Å². The van der Waals surface area contributed by atoms with E-state index in [9.17, 15) is 13.9 Å². The van der Waals surface area contributed by atoms with Gasteiger partial charge in [-0.25, -0.2) is 23.7 Å². The monoisotopic (exact) mass is 351 g/mol. The van der Waals surface area contributed by atoms with Crippen LogP contribution < -0.4 is 5.73 Å². The van der Waals surface area contributed by atoms with Gasteiger partial charge < -0.3 is 15.8 Å². The van der Waals surface area contributed by atoms with Gasteiger partial charge in [0.2, 0.25) is 0 Å². The molecular weight excluding hydrogens is 336 g/mol. The van der Waals surface area contributed by atoms with Crippen LogP contribution in [0.2, 0.25) is 0 Å². The molecule has 3 aromatic rings. The molecule has 0 fully saturated rings. The van der Waals surface area contributed by atoms with Gasteiger partial charge in [0.25, 0.3) is 0 Å². The zero-order valence-electron chi connectivity index (χ0n) is 12.5. The second kappa shape index (κ2) is 7.20. The number of nitrogens with one attached hydrogen (secondary N) is 1. The number of aromatic amines is 1. The van der Waals surface area contributed by atoms with Crippen molar-refractivity contribution in [3.63, 3.8) is 0 Å². The molecule has 126 valence electrons. The number of aliphatic hydroxyl groups is 1. The molecule has 4 N–H and O–H groups in total. The van der Waals surface area contributed by atoms with Crippen molar-refractivity contribution in [2.75, 3.05) is 5.75 Å². The number of halogens is 2. The lowest BCUT2D eigenvalue weighted by Gasteiger charge is -2.18. The highest BCUT2D eigenvalue weighted by molar-refractivity contribution is 7.99. The van der Waals surface area contributed by atoms with Crippen molar-refractivity contribution in [1.82, 2.24) is 19.9 Å². The third-order valence-electron chi connectivity index (χ3n) is 3.47. The van der Waals surface area contributed by atoms with Gasteiger partial charge in [-0.05, 0) is 24.1 Å². The van der Waals surface area contributed by atoms with E-state index in [1.807, 2.05) is 0 Å². The topological polar surface area (TPSA) is 101 Å². The maximum absolute atomic E-state index is 13.2.